The van der Waals surface area contributed by atoms with Gasteiger partial charge in [0.05, 0.1) is 26.3 Å². The highest BCUT2D eigenvalue weighted by Crippen LogP contribution is 2.29. The van der Waals surface area contributed by atoms with Crippen molar-refractivity contribution < 1.29 is 24.2 Å². The molecule has 1 N–H and O–H groups in total. The molecule has 1 aromatic heterocycles. The van der Waals surface area contributed by atoms with Gasteiger partial charge >= 0.3 is 0 Å². The van der Waals surface area contributed by atoms with Crippen LogP contribution < -0.4 is 9.47 Å². The molecule has 0 unspecified atom stereocenters. The fourth-order valence-corrected chi connectivity index (χ4v) is 5.25. The van der Waals surface area contributed by atoms with Crippen molar-refractivity contribution in [1.29, 1.82) is 0 Å². The van der Waals surface area contributed by atoms with Crippen LogP contribution in [0.15, 0.2) is 36.5 Å². The zero-order valence-corrected chi connectivity index (χ0v) is 23.4. The first-order chi connectivity index (χ1) is 18.8. The van der Waals surface area contributed by atoms with Crippen LogP contribution in [0.25, 0.3) is 0 Å². The Morgan fingerprint density at radius 3 is 2.69 bits per heavy atom. The molecule has 2 aromatic rings. The highest BCUT2D eigenvalue weighted by molar-refractivity contribution is 5.97. The van der Waals surface area contributed by atoms with Crippen LogP contribution in [0.1, 0.15) is 67.4 Å². The molecule has 2 amide bonds. The average molecular weight is 534 g/mol. The predicted octanol–water partition coefficient (Wildman–Crippen LogP) is 3.75. The summed E-state index contributed by atoms with van der Waals surface area (Å²) >= 11 is 0. The van der Waals surface area contributed by atoms with Crippen molar-refractivity contribution in [1.82, 2.24) is 14.8 Å². The fourth-order valence-electron chi connectivity index (χ4n) is 5.25. The van der Waals surface area contributed by atoms with Crippen LogP contribution in [0.5, 0.6) is 11.6 Å². The molecule has 4 rings (SSSR count). The Morgan fingerprint density at radius 2 is 1.97 bits per heavy atom. The smallest absolute Gasteiger partial charge is 0.259 e. The molecule has 8 heteroatoms. The second-order valence-electron chi connectivity index (χ2n) is 10.7. The minimum atomic E-state index is -0.389. The van der Waals surface area contributed by atoms with Crippen LogP contribution in [0.3, 0.4) is 0 Å². The number of hydrogen-bond acceptors (Lipinski definition) is 6. The van der Waals surface area contributed by atoms with Gasteiger partial charge in [0.2, 0.25) is 11.8 Å². The van der Waals surface area contributed by atoms with Crippen molar-refractivity contribution in [3.63, 3.8) is 0 Å². The molecule has 0 spiro atoms. The minimum Gasteiger partial charge on any atom is -0.497 e. The first kappa shape index (κ1) is 28.4. The predicted molar refractivity (Wildman–Crippen MR) is 149 cm³/mol. The van der Waals surface area contributed by atoms with E-state index in [2.05, 4.69) is 16.8 Å². The molecule has 208 valence electrons. The molecule has 1 fully saturated rings. The molecule has 8 nitrogen and oxygen atoms in total. The van der Waals surface area contributed by atoms with Gasteiger partial charge in [0, 0.05) is 42.8 Å². The van der Waals surface area contributed by atoms with Gasteiger partial charge in [-0.2, -0.15) is 0 Å². The SMILES string of the molecule is COc1cccc(C#Cc2cnc3c(c2)C(=O)N([C@@H](C)CO)C[C@H](C)[C@@H](CN(C)C(=O)C2CCCCC2)O3)c1. The second-order valence-corrected chi connectivity index (χ2v) is 10.7. The van der Waals surface area contributed by atoms with Gasteiger partial charge in [-0.25, -0.2) is 4.98 Å². The third kappa shape index (κ3) is 6.90. The quantitative estimate of drug-likeness (QED) is 0.569. The third-order valence-electron chi connectivity index (χ3n) is 7.73. The lowest BCUT2D eigenvalue weighted by molar-refractivity contribution is -0.136. The third-order valence-corrected chi connectivity index (χ3v) is 7.73. The van der Waals surface area contributed by atoms with Crippen molar-refractivity contribution in [3.8, 4) is 23.5 Å². The normalized spacial score (nSPS) is 20.4. The second kappa shape index (κ2) is 13.0. The maximum atomic E-state index is 13.7. The van der Waals surface area contributed by atoms with Crippen LogP contribution in [0.4, 0.5) is 0 Å². The van der Waals surface area contributed by atoms with Crippen molar-refractivity contribution in [2.24, 2.45) is 11.8 Å². The van der Waals surface area contributed by atoms with Crippen molar-refractivity contribution in [2.75, 3.05) is 33.9 Å². The number of aliphatic hydroxyl groups is 1. The lowest BCUT2D eigenvalue weighted by Gasteiger charge is -2.38. The number of carbonyl (C=O) groups excluding carboxylic acids is 2. The molecule has 0 saturated heterocycles. The van der Waals surface area contributed by atoms with E-state index in [0.29, 0.717) is 30.0 Å². The maximum absolute atomic E-state index is 13.7. The van der Waals surface area contributed by atoms with Crippen LogP contribution in [0, 0.1) is 23.7 Å². The summed E-state index contributed by atoms with van der Waals surface area (Å²) in [5, 5.41) is 9.91. The van der Waals surface area contributed by atoms with Gasteiger partial charge in [-0.05, 0) is 44.0 Å². The van der Waals surface area contributed by atoms with Crippen LogP contribution in [-0.4, -0.2) is 77.7 Å². The Balaban J connectivity index is 1.62. The molecule has 3 atom stereocenters. The lowest BCUT2D eigenvalue weighted by Crippen LogP contribution is -2.51. The number of aromatic nitrogens is 1. The largest absolute Gasteiger partial charge is 0.497 e. The minimum absolute atomic E-state index is 0.0659. The van der Waals surface area contributed by atoms with E-state index in [-0.39, 0.29) is 48.3 Å². The fraction of sp³-hybridized carbons (Fsp3) is 0.516. The van der Waals surface area contributed by atoms with E-state index in [1.807, 2.05) is 45.2 Å². The topological polar surface area (TPSA) is 92.2 Å². The zero-order chi connectivity index (χ0) is 27.9. The summed E-state index contributed by atoms with van der Waals surface area (Å²) in [5.74, 6) is 6.98. The Bertz CT molecular complexity index is 1230. The molecule has 1 aliphatic heterocycles. The molecular formula is C31H39N3O5. The highest BCUT2D eigenvalue weighted by Gasteiger charge is 2.35. The van der Waals surface area contributed by atoms with E-state index in [9.17, 15) is 14.7 Å². The summed E-state index contributed by atoms with van der Waals surface area (Å²) in [7, 11) is 3.44. The highest BCUT2D eigenvalue weighted by atomic mass is 16.5. The number of aliphatic hydroxyl groups excluding tert-OH is 1. The van der Waals surface area contributed by atoms with Gasteiger partial charge in [-0.1, -0.05) is 44.1 Å². The Morgan fingerprint density at radius 1 is 1.23 bits per heavy atom. The van der Waals surface area contributed by atoms with E-state index in [0.717, 1.165) is 31.2 Å². The number of rotatable bonds is 6. The van der Waals surface area contributed by atoms with Gasteiger partial charge < -0.3 is 24.4 Å². The summed E-state index contributed by atoms with van der Waals surface area (Å²) in [6.45, 7) is 4.44. The van der Waals surface area contributed by atoms with Crippen molar-refractivity contribution in [3.05, 3.63) is 53.2 Å². The summed E-state index contributed by atoms with van der Waals surface area (Å²) in [5.41, 5.74) is 1.64. The standard InChI is InChI=1S/C31H39N3O5/c1-21-18-34(22(2)20-35)31(37)27-16-24(14-13-23-9-8-12-26(15-23)38-4)17-32-29(27)39-28(21)19-33(3)30(36)25-10-6-5-7-11-25/h8-9,12,15-17,21-22,25,28,35H,5-7,10-11,18-20H2,1-4H3/t21-,22-,28+/m0/s1. The van der Waals surface area contributed by atoms with Gasteiger partial charge in [0.25, 0.3) is 5.91 Å². The number of benzene rings is 1. The van der Waals surface area contributed by atoms with E-state index in [4.69, 9.17) is 9.47 Å². The summed E-state index contributed by atoms with van der Waals surface area (Å²) in [6.07, 6.45) is 6.48. The van der Waals surface area contributed by atoms with Crippen LogP contribution in [0.2, 0.25) is 0 Å². The molecule has 0 bridgehead atoms. The van der Waals surface area contributed by atoms with E-state index in [1.165, 1.54) is 6.42 Å². The molecular weight excluding hydrogens is 494 g/mol. The number of pyridine rings is 1. The molecule has 2 heterocycles. The van der Waals surface area contributed by atoms with E-state index >= 15 is 0 Å². The molecule has 39 heavy (non-hydrogen) atoms. The summed E-state index contributed by atoms with van der Waals surface area (Å²) in [4.78, 5) is 34.8. The number of ether oxygens (including phenoxy) is 2. The Labute approximate surface area is 231 Å². The van der Waals surface area contributed by atoms with E-state index < -0.39 is 0 Å². The van der Waals surface area contributed by atoms with Crippen LogP contribution >= 0.6 is 0 Å². The monoisotopic (exact) mass is 533 g/mol. The number of nitrogens with zero attached hydrogens (tertiary/aromatic N) is 3. The molecule has 1 aromatic carbocycles. The molecule has 1 aliphatic carbocycles. The molecule has 1 saturated carbocycles. The maximum Gasteiger partial charge on any atom is 0.259 e. The summed E-state index contributed by atoms with van der Waals surface area (Å²) in [6, 6.07) is 8.74. The van der Waals surface area contributed by atoms with E-state index in [1.54, 1.807) is 29.2 Å². The number of carbonyl (C=O) groups is 2. The number of hydrogen-bond donors (Lipinski definition) is 1. The molecule has 0 radical (unpaired) electrons. The van der Waals surface area contributed by atoms with Gasteiger partial charge in [0.15, 0.2) is 0 Å². The first-order valence-corrected chi connectivity index (χ1v) is 13.8. The number of methoxy groups -OCH3 is 1. The lowest BCUT2D eigenvalue weighted by atomic mass is 9.88. The van der Waals surface area contributed by atoms with Crippen molar-refractivity contribution in [2.45, 2.75) is 58.1 Å². The van der Waals surface area contributed by atoms with Crippen molar-refractivity contribution >= 4 is 11.8 Å². The van der Waals surface area contributed by atoms with Gasteiger partial charge in [0.1, 0.15) is 17.4 Å². The number of fused-ring (bicyclic) bond motifs is 1. The summed E-state index contributed by atoms with van der Waals surface area (Å²) < 4.78 is 11.6. The Hall–Kier alpha value is -3.57. The van der Waals surface area contributed by atoms with Crippen LogP contribution in [-0.2, 0) is 4.79 Å². The van der Waals surface area contributed by atoms with Gasteiger partial charge in [-0.3, -0.25) is 9.59 Å². The first-order valence-electron chi connectivity index (χ1n) is 13.8. The number of likely N-dealkylation sites (N-methyl/N-ethyl adjacent to an activating group) is 1. The molecule has 2 aliphatic rings. The Kier molecular flexibility index (Phi) is 9.47. The number of amides is 2. The van der Waals surface area contributed by atoms with Gasteiger partial charge in [-0.15, -0.1) is 0 Å². The average Bonchev–Trinajstić information content (AvgIpc) is 2.97. The zero-order valence-electron chi connectivity index (χ0n) is 23.4.